The van der Waals surface area contributed by atoms with Crippen molar-refractivity contribution in [2.45, 2.75) is 0 Å². The molecule has 0 atom stereocenters. The number of hydrogen-bond acceptors (Lipinski definition) is 5. The van der Waals surface area contributed by atoms with Crippen LogP contribution in [0.3, 0.4) is 0 Å². The van der Waals surface area contributed by atoms with Gasteiger partial charge in [-0.25, -0.2) is 15.0 Å². The summed E-state index contributed by atoms with van der Waals surface area (Å²) in [5.41, 5.74) is 7.56. The largest absolute Gasteiger partial charge is 0.455 e. The van der Waals surface area contributed by atoms with E-state index >= 15 is 0 Å². The number of furan rings is 1. The first-order valence-electron chi connectivity index (χ1n) is 19.8. The number of benzene rings is 9. The van der Waals surface area contributed by atoms with E-state index in [-0.39, 0.29) is 0 Å². The van der Waals surface area contributed by atoms with E-state index in [2.05, 4.69) is 168 Å². The van der Waals surface area contributed by atoms with Crippen LogP contribution in [-0.2, 0) is 0 Å². The molecule has 0 saturated heterocycles. The van der Waals surface area contributed by atoms with Crippen LogP contribution in [0.25, 0.3) is 125 Å². The van der Waals surface area contributed by atoms with E-state index in [1.165, 1.54) is 37.0 Å². The van der Waals surface area contributed by atoms with Gasteiger partial charge in [0.2, 0.25) is 0 Å². The van der Waals surface area contributed by atoms with E-state index < -0.39 is 0 Å². The van der Waals surface area contributed by atoms with Gasteiger partial charge in [-0.05, 0) is 64.7 Å². The number of hydrogen-bond donors (Lipinski definition) is 0. The highest BCUT2D eigenvalue weighted by molar-refractivity contribution is 7.26. The van der Waals surface area contributed by atoms with Gasteiger partial charge in [-0.15, -0.1) is 11.3 Å². The first-order valence-corrected chi connectivity index (χ1v) is 20.6. The summed E-state index contributed by atoms with van der Waals surface area (Å²) in [7, 11) is 0. The second-order valence-electron chi connectivity index (χ2n) is 15.2. The summed E-state index contributed by atoms with van der Waals surface area (Å²) in [6.45, 7) is 0. The van der Waals surface area contributed by atoms with Crippen molar-refractivity contribution in [1.29, 1.82) is 0 Å². The molecule has 4 heterocycles. The average molecular weight is 771 g/mol. The van der Waals surface area contributed by atoms with Gasteiger partial charge in [0.1, 0.15) is 11.2 Å². The van der Waals surface area contributed by atoms with Crippen LogP contribution < -0.4 is 0 Å². The quantitative estimate of drug-likeness (QED) is 0.179. The Balaban J connectivity index is 1.17. The van der Waals surface area contributed by atoms with Gasteiger partial charge in [-0.3, -0.25) is 0 Å². The molecule has 0 spiro atoms. The number of para-hydroxylation sites is 1. The van der Waals surface area contributed by atoms with Gasteiger partial charge in [0.05, 0.1) is 16.7 Å². The molecule has 9 aromatic carbocycles. The highest BCUT2D eigenvalue weighted by Crippen LogP contribution is 2.44. The second-order valence-corrected chi connectivity index (χ2v) is 16.2. The third-order valence-corrected chi connectivity index (χ3v) is 13.0. The van der Waals surface area contributed by atoms with Crippen molar-refractivity contribution in [3.63, 3.8) is 0 Å². The monoisotopic (exact) mass is 770 g/mol. The predicted molar refractivity (Wildman–Crippen MR) is 246 cm³/mol. The molecule has 0 aliphatic rings. The molecule has 0 radical (unpaired) electrons. The second kappa shape index (κ2) is 12.4. The van der Waals surface area contributed by atoms with Gasteiger partial charge >= 0.3 is 0 Å². The fourth-order valence-corrected chi connectivity index (χ4v) is 10.3. The predicted octanol–water partition coefficient (Wildman–Crippen LogP) is 14.5. The molecule has 59 heavy (non-hydrogen) atoms. The van der Waals surface area contributed by atoms with Gasteiger partial charge in [-0.1, -0.05) is 133 Å². The van der Waals surface area contributed by atoms with Crippen LogP contribution in [0, 0.1) is 0 Å². The Morgan fingerprint density at radius 2 is 1.08 bits per heavy atom. The Labute approximate surface area is 341 Å². The third kappa shape index (κ3) is 4.87. The number of rotatable bonds is 4. The Morgan fingerprint density at radius 3 is 1.95 bits per heavy atom. The molecule has 0 aliphatic heterocycles. The molecule has 4 aromatic heterocycles. The summed E-state index contributed by atoms with van der Waals surface area (Å²) < 4.78 is 11.7. The Morgan fingerprint density at radius 1 is 0.407 bits per heavy atom. The smallest absolute Gasteiger partial charge is 0.166 e. The SMILES string of the molecule is c1ccc(-c2nc(-c3cc4oc5c6ccccc6ccc5c4cc3-n3c4ccccc4c4cc5ccccc5cc43)nc(-c3cccc4c3sc3ccccc34)n2)cc1. The van der Waals surface area contributed by atoms with E-state index in [4.69, 9.17) is 19.4 Å². The first-order chi connectivity index (χ1) is 29.2. The average Bonchev–Trinajstić information content (AvgIpc) is 3.97. The molecule has 5 nitrogen and oxygen atoms in total. The normalized spacial score (nSPS) is 12.1. The van der Waals surface area contributed by atoms with Crippen LogP contribution >= 0.6 is 11.3 Å². The maximum absolute atomic E-state index is 6.88. The van der Waals surface area contributed by atoms with Gasteiger partial charge in [0, 0.05) is 63.8 Å². The highest BCUT2D eigenvalue weighted by Gasteiger charge is 2.24. The molecule has 0 bridgehead atoms. The Bertz CT molecular complexity index is 3860. The molecule has 0 aliphatic carbocycles. The van der Waals surface area contributed by atoms with E-state index in [0.717, 1.165) is 70.8 Å². The zero-order chi connectivity index (χ0) is 38.6. The van der Waals surface area contributed by atoms with Crippen LogP contribution in [0.15, 0.2) is 186 Å². The highest BCUT2D eigenvalue weighted by atomic mass is 32.1. The summed E-state index contributed by atoms with van der Waals surface area (Å²) in [6.07, 6.45) is 0. The zero-order valence-corrected chi connectivity index (χ0v) is 32.2. The fourth-order valence-electron chi connectivity index (χ4n) is 9.07. The lowest BCUT2D eigenvalue weighted by atomic mass is 10.0. The van der Waals surface area contributed by atoms with Gasteiger partial charge in [-0.2, -0.15) is 0 Å². The van der Waals surface area contributed by atoms with Crippen molar-refractivity contribution in [1.82, 2.24) is 19.5 Å². The summed E-state index contributed by atoms with van der Waals surface area (Å²) >= 11 is 1.78. The molecule has 0 unspecified atom stereocenters. The molecule has 0 amide bonds. The molecule has 13 aromatic rings. The van der Waals surface area contributed by atoms with Gasteiger partial charge in [0.25, 0.3) is 0 Å². The Kier molecular flexibility index (Phi) is 6.82. The van der Waals surface area contributed by atoms with Crippen molar-refractivity contribution < 1.29 is 4.42 Å². The van der Waals surface area contributed by atoms with Crippen LogP contribution in [0.2, 0.25) is 0 Å². The lowest BCUT2D eigenvalue weighted by Crippen LogP contribution is -2.04. The topological polar surface area (TPSA) is 56.7 Å². The molecular weight excluding hydrogens is 741 g/mol. The molecule has 0 N–H and O–H groups in total. The van der Waals surface area contributed by atoms with E-state index in [1.54, 1.807) is 11.3 Å². The fraction of sp³-hybridized carbons (Fsp3) is 0. The van der Waals surface area contributed by atoms with Gasteiger partial charge < -0.3 is 8.98 Å². The van der Waals surface area contributed by atoms with Crippen molar-refractivity contribution in [3.05, 3.63) is 182 Å². The zero-order valence-electron chi connectivity index (χ0n) is 31.4. The van der Waals surface area contributed by atoms with Crippen molar-refractivity contribution in [2.75, 3.05) is 0 Å². The van der Waals surface area contributed by atoms with Crippen LogP contribution in [0.1, 0.15) is 0 Å². The van der Waals surface area contributed by atoms with E-state index in [9.17, 15) is 0 Å². The van der Waals surface area contributed by atoms with Gasteiger partial charge in [0.15, 0.2) is 17.5 Å². The van der Waals surface area contributed by atoms with E-state index in [1.807, 2.05) is 18.2 Å². The number of thiophene rings is 1. The van der Waals surface area contributed by atoms with Crippen molar-refractivity contribution in [3.8, 4) is 39.9 Å². The van der Waals surface area contributed by atoms with Crippen molar-refractivity contribution in [2.24, 2.45) is 0 Å². The number of aromatic nitrogens is 4. The van der Waals surface area contributed by atoms with E-state index in [0.29, 0.717) is 17.5 Å². The number of fused-ring (bicyclic) bond motifs is 12. The maximum atomic E-state index is 6.88. The summed E-state index contributed by atoms with van der Waals surface area (Å²) in [5, 5.41) is 11.5. The molecule has 0 saturated carbocycles. The third-order valence-electron chi connectivity index (χ3n) is 11.8. The number of nitrogens with zero attached hydrogens (tertiary/aromatic N) is 4. The molecule has 0 fully saturated rings. The summed E-state index contributed by atoms with van der Waals surface area (Å²) in [6, 6.07) is 64.4. The van der Waals surface area contributed by atoms with Crippen molar-refractivity contribution >= 4 is 96.8 Å². The molecular formula is C53H30N4OS. The molecule has 6 heteroatoms. The maximum Gasteiger partial charge on any atom is 0.166 e. The van der Waals surface area contributed by atoms with Crippen LogP contribution in [0.4, 0.5) is 0 Å². The lowest BCUT2D eigenvalue weighted by Gasteiger charge is -2.15. The summed E-state index contributed by atoms with van der Waals surface area (Å²) in [4.78, 5) is 16.0. The van der Waals surface area contributed by atoms with Crippen LogP contribution in [-0.4, -0.2) is 19.5 Å². The van der Waals surface area contributed by atoms with Crippen LogP contribution in [0.5, 0.6) is 0 Å². The standard InChI is InChI=1S/C53H30N4OS/c1-2-14-32(15-3-1)51-54-52(40-22-12-21-39-37-20-9-11-24-48(37)59-50(39)40)56-53(55-51)43-30-47-42(38-26-25-31-13-6-7-18-35(31)49(38)58-47)29-46(43)57-44-23-10-8-19-36(44)41-27-33-16-4-5-17-34(33)28-45(41)57/h1-30H. The minimum atomic E-state index is 0.570. The minimum Gasteiger partial charge on any atom is -0.455 e. The molecule has 13 rings (SSSR count). The lowest BCUT2D eigenvalue weighted by molar-refractivity contribution is 0.672. The Hall–Kier alpha value is -7.67. The summed E-state index contributed by atoms with van der Waals surface area (Å²) in [5.74, 6) is 1.81. The molecule has 274 valence electrons. The minimum absolute atomic E-state index is 0.570. The first kappa shape index (κ1) is 32.4.